The minimum Gasteiger partial charge on any atom is -0.357 e. The summed E-state index contributed by atoms with van der Waals surface area (Å²) in [5.41, 5.74) is 2.35. The highest BCUT2D eigenvalue weighted by Gasteiger charge is 2.24. The van der Waals surface area contributed by atoms with Gasteiger partial charge in [0.15, 0.2) is 5.96 Å². The lowest BCUT2D eigenvalue weighted by Gasteiger charge is -2.37. The second-order valence-corrected chi connectivity index (χ2v) is 7.93. The fourth-order valence-corrected chi connectivity index (χ4v) is 4.26. The van der Waals surface area contributed by atoms with Crippen LogP contribution in [0.3, 0.4) is 0 Å². The van der Waals surface area contributed by atoms with Crippen LogP contribution in [0.4, 0.5) is 11.5 Å². The summed E-state index contributed by atoms with van der Waals surface area (Å²) < 4.78 is 0. The van der Waals surface area contributed by atoms with E-state index in [-0.39, 0.29) is 29.9 Å². The van der Waals surface area contributed by atoms with E-state index in [1.54, 1.807) is 0 Å². The van der Waals surface area contributed by atoms with E-state index in [1.807, 2.05) is 41.4 Å². The summed E-state index contributed by atoms with van der Waals surface area (Å²) in [5, 5.41) is 3.41. The maximum atomic E-state index is 12.7. The van der Waals surface area contributed by atoms with Crippen LogP contribution in [-0.2, 0) is 11.2 Å². The summed E-state index contributed by atoms with van der Waals surface area (Å²) in [5.74, 6) is 2.18. The predicted octanol–water partition coefficient (Wildman–Crippen LogP) is 3.16. The predicted molar refractivity (Wildman–Crippen MR) is 141 cm³/mol. The van der Waals surface area contributed by atoms with Crippen molar-refractivity contribution in [3.63, 3.8) is 0 Å². The quantitative estimate of drug-likeness (QED) is 0.260. The molecule has 1 aromatic carbocycles. The van der Waals surface area contributed by atoms with Crippen LogP contribution in [0.5, 0.6) is 0 Å². The van der Waals surface area contributed by atoms with Gasteiger partial charge in [-0.15, -0.1) is 24.0 Å². The van der Waals surface area contributed by atoms with Gasteiger partial charge in [-0.05, 0) is 43.5 Å². The van der Waals surface area contributed by atoms with Crippen LogP contribution in [0.25, 0.3) is 0 Å². The lowest BCUT2D eigenvalue weighted by atomic mass is 10.2. The summed E-state index contributed by atoms with van der Waals surface area (Å²) >= 11 is 0. The van der Waals surface area contributed by atoms with Crippen molar-refractivity contribution >= 4 is 47.3 Å². The zero-order valence-corrected chi connectivity index (χ0v) is 21.1. The van der Waals surface area contributed by atoms with Gasteiger partial charge in [0.05, 0.1) is 0 Å². The molecule has 1 aromatic heterocycles. The van der Waals surface area contributed by atoms with Gasteiger partial charge in [-0.3, -0.25) is 9.79 Å². The van der Waals surface area contributed by atoms with Crippen molar-refractivity contribution in [2.75, 3.05) is 55.6 Å². The van der Waals surface area contributed by atoms with Gasteiger partial charge in [0.2, 0.25) is 5.91 Å². The van der Waals surface area contributed by atoms with Crippen molar-refractivity contribution in [2.24, 2.45) is 4.99 Å². The monoisotopic (exact) mass is 548 g/mol. The van der Waals surface area contributed by atoms with E-state index in [2.05, 4.69) is 39.2 Å². The number of amides is 1. The number of pyridine rings is 1. The van der Waals surface area contributed by atoms with Crippen molar-refractivity contribution in [1.82, 2.24) is 15.2 Å². The van der Waals surface area contributed by atoms with Gasteiger partial charge in [0.25, 0.3) is 0 Å². The highest BCUT2D eigenvalue weighted by molar-refractivity contribution is 14.0. The van der Waals surface area contributed by atoms with Gasteiger partial charge in [-0.25, -0.2) is 4.98 Å². The number of carbonyl (C=O) groups excluding carboxylic acids is 1. The van der Waals surface area contributed by atoms with Crippen LogP contribution in [0, 0.1) is 0 Å². The molecule has 1 amide bonds. The van der Waals surface area contributed by atoms with Gasteiger partial charge in [0, 0.05) is 64.1 Å². The molecule has 2 aliphatic heterocycles. The molecule has 0 saturated carbocycles. The Balaban J connectivity index is 0.00000289. The molecule has 2 aromatic rings. The summed E-state index contributed by atoms with van der Waals surface area (Å²) in [6, 6.07) is 14.2. The van der Waals surface area contributed by atoms with Crippen LogP contribution in [-0.4, -0.2) is 67.6 Å². The number of para-hydroxylation sites is 1. The van der Waals surface area contributed by atoms with Gasteiger partial charge < -0.3 is 20.0 Å². The van der Waals surface area contributed by atoms with Crippen molar-refractivity contribution in [3.8, 4) is 0 Å². The Morgan fingerprint density at radius 3 is 2.59 bits per heavy atom. The molecule has 0 unspecified atom stereocenters. The molecule has 8 heteroatoms. The van der Waals surface area contributed by atoms with E-state index >= 15 is 0 Å². The van der Waals surface area contributed by atoms with Crippen molar-refractivity contribution in [2.45, 2.75) is 26.2 Å². The van der Waals surface area contributed by atoms with Crippen molar-refractivity contribution < 1.29 is 4.79 Å². The highest BCUT2D eigenvalue weighted by atomic mass is 127. The molecule has 0 spiro atoms. The molecule has 0 atom stereocenters. The lowest BCUT2D eigenvalue weighted by Crippen LogP contribution is -2.52. The standard InChI is InChI=1S/C24H32N6O.HI/c1-2-25-24(29-18-16-28(17-19-29)22-10-5-6-13-26-22)27-14-7-11-23(31)30-15-12-20-8-3-4-9-21(20)30;/h3-6,8-10,13H,2,7,11-12,14-19H2,1H3,(H,25,27);1H. The van der Waals surface area contributed by atoms with Gasteiger partial charge in [-0.1, -0.05) is 24.3 Å². The summed E-state index contributed by atoms with van der Waals surface area (Å²) in [4.78, 5) is 28.5. The van der Waals surface area contributed by atoms with Crippen LogP contribution < -0.4 is 15.1 Å². The van der Waals surface area contributed by atoms with Crippen molar-refractivity contribution in [1.29, 1.82) is 0 Å². The number of hydrogen-bond donors (Lipinski definition) is 1. The molecule has 1 saturated heterocycles. The molecule has 7 nitrogen and oxygen atoms in total. The summed E-state index contributed by atoms with van der Waals surface area (Å²) in [7, 11) is 0. The van der Waals surface area contributed by atoms with E-state index in [0.29, 0.717) is 13.0 Å². The van der Waals surface area contributed by atoms with E-state index in [0.717, 1.165) is 69.6 Å². The third-order valence-corrected chi connectivity index (χ3v) is 5.89. The molecule has 4 rings (SSSR count). The van der Waals surface area contributed by atoms with Crippen LogP contribution in [0.2, 0.25) is 0 Å². The largest absolute Gasteiger partial charge is 0.357 e. The smallest absolute Gasteiger partial charge is 0.227 e. The average molecular weight is 548 g/mol. The van der Waals surface area contributed by atoms with E-state index in [4.69, 9.17) is 4.99 Å². The Morgan fingerprint density at radius 1 is 1.06 bits per heavy atom. The first kappa shape index (κ1) is 24.3. The topological polar surface area (TPSA) is 64.1 Å². The van der Waals surface area contributed by atoms with E-state index in [1.165, 1.54) is 5.56 Å². The minimum absolute atomic E-state index is 0. The zero-order valence-electron chi connectivity index (χ0n) is 18.7. The fraction of sp³-hybridized carbons (Fsp3) is 0.458. The number of benzene rings is 1. The Morgan fingerprint density at radius 2 is 1.84 bits per heavy atom. The summed E-state index contributed by atoms with van der Waals surface area (Å²) in [6.07, 6.45) is 4.09. The average Bonchev–Trinajstić information content (AvgIpc) is 3.26. The Kier molecular flexibility index (Phi) is 9.13. The number of fused-ring (bicyclic) bond motifs is 1. The van der Waals surface area contributed by atoms with Crippen LogP contribution >= 0.6 is 24.0 Å². The van der Waals surface area contributed by atoms with Gasteiger partial charge >= 0.3 is 0 Å². The SMILES string of the molecule is CCNC(=NCCCC(=O)N1CCc2ccccc21)N1CCN(c2ccccn2)CC1.I. The number of rotatable bonds is 6. The lowest BCUT2D eigenvalue weighted by molar-refractivity contribution is -0.118. The zero-order chi connectivity index (χ0) is 21.5. The molecule has 172 valence electrons. The number of guanidine groups is 1. The first-order chi connectivity index (χ1) is 15.3. The molecule has 0 radical (unpaired) electrons. The number of piperazine rings is 1. The number of hydrogen-bond acceptors (Lipinski definition) is 4. The molecule has 0 aliphatic carbocycles. The van der Waals surface area contributed by atoms with Gasteiger partial charge in [-0.2, -0.15) is 0 Å². The minimum atomic E-state index is 0. The molecule has 0 bridgehead atoms. The molecule has 1 fully saturated rings. The summed E-state index contributed by atoms with van der Waals surface area (Å²) in [6.45, 7) is 8.05. The fourth-order valence-electron chi connectivity index (χ4n) is 4.26. The number of nitrogens with zero attached hydrogens (tertiary/aromatic N) is 5. The molecule has 2 aliphatic rings. The maximum absolute atomic E-state index is 12.7. The first-order valence-electron chi connectivity index (χ1n) is 11.3. The van der Waals surface area contributed by atoms with E-state index < -0.39 is 0 Å². The third kappa shape index (κ3) is 5.90. The third-order valence-electron chi connectivity index (χ3n) is 5.89. The molecular weight excluding hydrogens is 515 g/mol. The first-order valence-corrected chi connectivity index (χ1v) is 11.3. The maximum Gasteiger partial charge on any atom is 0.227 e. The van der Waals surface area contributed by atoms with Crippen LogP contribution in [0.15, 0.2) is 53.7 Å². The second kappa shape index (κ2) is 12.0. The Labute approximate surface area is 207 Å². The molecule has 1 N–H and O–H groups in total. The number of anilines is 2. The normalized spacial score (nSPS) is 15.9. The van der Waals surface area contributed by atoms with E-state index in [9.17, 15) is 4.79 Å². The molecule has 32 heavy (non-hydrogen) atoms. The molecule has 3 heterocycles. The number of halogens is 1. The number of aliphatic imine (C=N–C) groups is 1. The van der Waals surface area contributed by atoms with Crippen LogP contribution in [0.1, 0.15) is 25.3 Å². The number of carbonyl (C=O) groups is 1. The number of aromatic nitrogens is 1. The van der Waals surface area contributed by atoms with Crippen molar-refractivity contribution in [3.05, 3.63) is 54.2 Å². The highest BCUT2D eigenvalue weighted by Crippen LogP contribution is 2.28. The molecular formula is C24H33IN6O. The van der Waals surface area contributed by atoms with Gasteiger partial charge in [0.1, 0.15) is 5.82 Å². The Bertz CT molecular complexity index is 898. The Hall–Kier alpha value is -2.36. The second-order valence-electron chi connectivity index (χ2n) is 7.93. The number of nitrogens with one attached hydrogen (secondary N) is 1.